The van der Waals surface area contributed by atoms with Crippen LogP contribution in [0.1, 0.15) is 5.69 Å². The largest absolute Gasteiger partial charge is 0.383 e. The van der Waals surface area contributed by atoms with E-state index in [1.165, 1.54) is 19.2 Å². The molecule has 0 saturated carbocycles. The van der Waals surface area contributed by atoms with Gasteiger partial charge in [-0.2, -0.15) is 8.78 Å². The van der Waals surface area contributed by atoms with Gasteiger partial charge in [0.05, 0.1) is 6.61 Å². The fourth-order valence-electron chi connectivity index (χ4n) is 1.18. The highest BCUT2D eigenvalue weighted by Crippen LogP contribution is 2.31. The summed E-state index contributed by atoms with van der Waals surface area (Å²) in [5, 5.41) is -3.55. The quantitative estimate of drug-likeness (QED) is 0.748. The normalized spacial score (nSPS) is 11.7. The maximum Gasteiger partial charge on any atom is 0.362 e. The Morgan fingerprint density at radius 1 is 1.53 bits per heavy atom. The molecule has 1 heterocycles. The van der Waals surface area contributed by atoms with Crippen molar-refractivity contribution >= 4 is 11.6 Å². The van der Waals surface area contributed by atoms with E-state index < -0.39 is 16.6 Å². The minimum Gasteiger partial charge on any atom is -0.383 e. The second-order valence-corrected chi connectivity index (χ2v) is 3.37. The van der Waals surface area contributed by atoms with E-state index >= 15 is 0 Å². The van der Waals surface area contributed by atoms with Crippen molar-refractivity contribution in [2.24, 2.45) is 0 Å². The van der Waals surface area contributed by atoms with Crippen LogP contribution in [-0.4, -0.2) is 18.3 Å². The van der Waals surface area contributed by atoms with Crippen molar-refractivity contribution in [2.75, 3.05) is 13.7 Å². The molecule has 0 saturated heterocycles. The average Bonchev–Trinajstić information content (AvgIpc) is 2.14. The van der Waals surface area contributed by atoms with E-state index in [0.717, 1.165) is 10.6 Å². The molecule has 1 aromatic rings. The number of halogens is 3. The lowest BCUT2D eigenvalue weighted by Crippen LogP contribution is -2.28. The highest BCUT2D eigenvalue weighted by atomic mass is 35.5. The van der Waals surface area contributed by atoms with Crippen LogP contribution >= 0.6 is 11.6 Å². The maximum absolute atomic E-state index is 12.9. The molecule has 0 aliphatic rings. The van der Waals surface area contributed by atoms with E-state index in [-0.39, 0.29) is 13.2 Å². The zero-order valence-corrected chi connectivity index (χ0v) is 8.80. The first-order valence-electron chi connectivity index (χ1n) is 4.23. The number of rotatable bonds is 4. The Balaban J connectivity index is 3.15. The van der Waals surface area contributed by atoms with E-state index in [1.54, 1.807) is 0 Å². The summed E-state index contributed by atoms with van der Waals surface area (Å²) in [5.41, 5.74) is -1.04. The molecule has 0 atom stereocenters. The third-order valence-corrected chi connectivity index (χ3v) is 2.05. The standard InChI is InChI=1S/C9H10ClF2NO2/c1-15-6-5-13-7(9(10,11)12)3-2-4-8(13)14/h2-4H,5-6H2,1H3. The number of hydrogen-bond acceptors (Lipinski definition) is 2. The van der Waals surface area contributed by atoms with Crippen LogP contribution in [-0.2, 0) is 16.7 Å². The molecule has 0 aliphatic carbocycles. The number of aromatic nitrogens is 1. The van der Waals surface area contributed by atoms with Gasteiger partial charge in [-0.15, -0.1) is 0 Å². The number of ether oxygens (including phenoxy) is 1. The van der Waals surface area contributed by atoms with Crippen LogP contribution < -0.4 is 5.56 Å². The molecule has 0 N–H and O–H groups in total. The first kappa shape index (κ1) is 12.1. The van der Waals surface area contributed by atoms with Crippen LogP contribution in [0, 0.1) is 0 Å². The lowest BCUT2D eigenvalue weighted by Gasteiger charge is -2.15. The number of nitrogens with zero attached hydrogens (tertiary/aromatic N) is 1. The van der Waals surface area contributed by atoms with Gasteiger partial charge in [-0.3, -0.25) is 4.79 Å². The zero-order valence-electron chi connectivity index (χ0n) is 8.04. The molecule has 3 nitrogen and oxygen atoms in total. The van der Waals surface area contributed by atoms with Crippen LogP contribution in [0.25, 0.3) is 0 Å². The molecule has 1 rings (SSSR count). The van der Waals surface area contributed by atoms with Crippen molar-refractivity contribution in [3.63, 3.8) is 0 Å². The van der Waals surface area contributed by atoms with Crippen LogP contribution in [0.3, 0.4) is 0 Å². The lowest BCUT2D eigenvalue weighted by molar-refractivity contribution is 0.0812. The van der Waals surface area contributed by atoms with Gasteiger partial charge in [0.25, 0.3) is 5.56 Å². The number of hydrogen-bond donors (Lipinski definition) is 0. The van der Waals surface area contributed by atoms with Crippen molar-refractivity contribution in [2.45, 2.75) is 11.9 Å². The Morgan fingerprint density at radius 3 is 2.73 bits per heavy atom. The van der Waals surface area contributed by atoms with Crippen LogP contribution in [0.5, 0.6) is 0 Å². The van der Waals surface area contributed by atoms with Gasteiger partial charge in [0.15, 0.2) is 0 Å². The minimum absolute atomic E-state index is 0.0494. The summed E-state index contributed by atoms with van der Waals surface area (Å²) in [6.45, 7) is 0.220. The van der Waals surface area contributed by atoms with Crippen molar-refractivity contribution in [1.82, 2.24) is 4.57 Å². The molecule has 0 unspecified atom stereocenters. The first-order valence-corrected chi connectivity index (χ1v) is 4.60. The highest BCUT2D eigenvalue weighted by Gasteiger charge is 2.31. The van der Waals surface area contributed by atoms with Crippen LogP contribution in [0.2, 0.25) is 0 Å². The highest BCUT2D eigenvalue weighted by molar-refractivity contribution is 6.21. The smallest absolute Gasteiger partial charge is 0.362 e. The van der Waals surface area contributed by atoms with E-state index in [1.807, 2.05) is 0 Å². The molecule has 1 aromatic heterocycles. The Bertz CT molecular complexity index is 386. The predicted molar refractivity (Wildman–Crippen MR) is 52.3 cm³/mol. The molecule has 84 valence electrons. The summed E-state index contributed by atoms with van der Waals surface area (Å²) < 4.78 is 31.4. The minimum atomic E-state index is -3.55. The Kier molecular flexibility index (Phi) is 3.82. The third kappa shape index (κ3) is 3.00. The van der Waals surface area contributed by atoms with Gasteiger partial charge in [0.1, 0.15) is 5.69 Å². The monoisotopic (exact) mass is 237 g/mol. The first-order chi connectivity index (χ1) is 6.96. The molecule has 0 spiro atoms. The molecule has 0 fully saturated rings. The molecular weight excluding hydrogens is 228 g/mol. The van der Waals surface area contributed by atoms with Gasteiger partial charge in [0, 0.05) is 19.7 Å². The summed E-state index contributed by atoms with van der Waals surface area (Å²) in [5.74, 6) is 0. The summed E-state index contributed by atoms with van der Waals surface area (Å²) in [6, 6.07) is 3.56. The molecule has 0 amide bonds. The van der Waals surface area contributed by atoms with Crippen LogP contribution in [0.4, 0.5) is 8.78 Å². The molecule has 0 radical (unpaired) electrons. The second kappa shape index (κ2) is 4.72. The van der Waals surface area contributed by atoms with Crippen molar-refractivity contribution in [1.29, 1.82) is 0 Å². The SMILES string of the molecule is COCCn1c(C(F)(F)Cl)cccc1=O. The summed E-state index contributed by atoms with van der Waals surface area (Å²) in [4.78, 5) is 11.3. The van der Waals surface area contributed by atoms with Gasteiger partial charge in [-0.25, -0.2) is 0 Å². The molecule has 0 bridgehead atoms. The van der Waals surface area contributed by atoms with E-state index in [4.69, 9.17) is 16.3 Å². The maximum atomic E-state index is 12.9. The van der Waals surface area contributed by atoms with Gasteiger partial charge < -0.3 is 9.30 Å². The predicted octanol–water partition coefficient (Wildman–Crippen LogP) is 1.78. The van der Waals surface area contributed by atoms with Gasteiger partial charge in [0.2, 0.25) is 0 Å². The van der Waals surface area contributed by atoms with E-state index in [9.17, 15) is 13.6 Å². The molecule has 15 heavy (non-hydrogen) atoms. The molecule has 0 aliphatic heterocycles. The van der Waals surface area contributed by atoms with Crippen molar-refractivity contribution in [3.8, 4) is 0 Å². The summed E-state index contributed by atoms with van der Waals surface area (Å²) >= 11 is 4.88. The van der Waals surface area contributed by atoms with E-state index in [0.29, 0.717) is 0 Å². The Morgan fingerprint density at radius 2 is 2.20 bits per heavy atom. The zero-order chi connectivity index (χ0) is 11.5. The van der Waals surface area contributed by atoms with Crippen molar-refractivity contribution < 1.29 is 13.5 Å². The molecular formula is C9H10ClF2NO2. The Labute approximate surface area is 90.2 Å². The van der Waals surface area contributed by atoms with E-state index in [2.05, 4.69) is 0 Å². The topological polar surface area (TPSA) is 31.2 Å². The molecule has 6 heteroatoms. The number of alkyl halides is 3. The third-order valence-electron chi connectivity index (χ3n) is 1.86. The fraction of sp³-hybridized carbons (Fsp3) is 0.444. The number of pyridine rings is 1. The number of methoxy groups -OCH3 is 1. The lowest BCUT2D eigenvalue weighted by atomic mass is 10.3. The molecule has 0 aromatic carbocycles. The summed E-state index contributed by atoms with van der Waals surface area (Å²) in [7, 11) is 1.42. The summed E-state index contributed by atoms with van der Waals surface area (Å²) in [6.07, 6.45) is 0. The fourth-order valence-corrected chi connectivity index (χ4v) is 1.35. The second-order valence-electron chi connectivity index (χ2n) is 2.89. The van der Waals surface area contributed by atoms with Gasteiger partial charge in [-0.1, -0.05) is 6.07 Å². The van der Waals surface area contributed by atoms with Crippen molar-refractivity contribution in [3.05, 3.63) is 34.2 Å². The average molecular weight is 238 g/mol. The Hall–Kier alpha value is -0.940. The van der Waals surface area contributed by atoms with Gasteiger partial charge >= 0.3 is 5.38 Å². The van der Waals surface area contributed by atoms with Gasteiger partial charge in [-0.05, 0) is 17.7 Å². The van der Waals surface area contributed by atoms with Crippen LogP contribution in [0.15, 0.2) is 23.0 Å².